The third-order valence-corrected chi connectivity index (χ3v) is 5.23. The number of nitrogens with two attached hydrogens (primary N) is 2. The fourth-order valence-corrected chi connectivity index (χ4v) is 3.69. The van der Waals surface area contributed by atoms with Crippen molar-refractivity contribution in [3.05, 3.63) is 0 Å². The summed E-state index contributed by atoms with van der Waals surface area (Å²) in [6.45, 7) is 5.54. The van der Waals surface area contributed by atoms with Gasteiger partial charge >= 0.3 is 0 Å². The molecule has 0 aromatic carbocycles. The second-order valence-electron chi connectivity index (χ2n) is 7.58. The van der Waals surface area contributed by atoms with Crippen molar-refractivity contribution in [3.63, 3.8) is 0 Å². The lowest BCUT2D eigenvalue weighted by Crippen LogP contribution is -2.26. The van der Waals surface area contributed by atoms with Gasteiger partial charge < -0.3 is 31.9 Å². The van der Waals surface area contributed by atoms with Gasteiger partial charge in [0.15, 0.2) is 0 Å². The first kappa shape index (κ1) is 20.1. The van der Waals surface area contributed by atoms with Gasteiger partial charge in [-0.25, -0.2) is 0 Å². The summed E-state index contributed by atoms with van der Waals surface area (Å²) < 4.78 is 0. The molecule has 2 aromatic rings. The second-order valence-corrected chi connectivity index (χ2v) is 7.58. The molecule has 12 nitrogen and oxygen atoms in total. The molecule has 0 bridgehead atoms. The smallest absolute Gasteiger partial charge is 0.231 e. The Hall–Kier alpha value is -3.18. The Kier molecular flexibility index (Phi) is 6.40. The molecule has 0 amide bonds. The average Bonchev–Trinajstić information content (AvgIpc) is 3.44. The van der Waals surface area contributed by atoms with E-state index in [0.29, 0.717) is 18.4 Å². The Morgan fingerprint density at radius 2 is 1.03 bits per heavy atom. The molecule has 2 aromatic heterocycles. The van der Waals surface area contributed by atoms with Crippen LogP contribution in [0.25, 0.3) is 0 Å². The molecule has 2 fully saturated rings. The summed E-state index contributed by atoms with van der Waals surface area (Å²) in [5.74, 6) is 2.86. The van der Waals surface area contributed by atoms with E-state index in [9.17, 15) is 0 Å². The van der Waals surface area contributed by atoms with Gasteiger partial charge in [-0.2, -0.15) is 29.9 Å². The summed E-state index contributed by atoms with van der Waals surface area (Å²) in [4.78, 5) is 30.4. The fraction of sp³-hybridized carbons (Fsp3) is 0.667. The van der Waals surface area contributed by atoms with Crippen molar-refractivity contribution < 1.29 is 0 Å². The predicted octanol–water partition coefficient (Wildman–Crippen LogP) is 0.726. The number of unbranched alkanes of at least 4 members (excludes halogenated alkanes) is 1. The van der Waals surface area contributed by atoms with Crippen molar-refractivity contribution in [3.8, 4) is 0 Å². The molecule has 162 valence electrons. The minimum absolute atomic E-state index is 0.115. The molecule has 6 N–H and O–H groups in total. The Bertz CT molecular complexity index is 777. The van der Waals surface area contributed by atoms with E-state index in [0.717, 1.165) is 57.5 Å². The highest BCUT2D eigenvalue weighted by Gasteiger charge is 2.21. The zero-order valence-corrected chi connectivity index (χ0v) is 17.2. The van der Waals surface area contributed by atoms with Crippen LogP contribution in [-0.4, -0.2) is 69.2 Å². The monoisotopic (exact) mass is 414 g/mol. The maximum Gasteiger partial charge on any atom is 0.231 e. The summed E-state index contributed by atoms with van der Waals surface area (Å²) in [5.41, 5.74) is 11.1. The van der Waals surface area contributed by atoms with Gasteiger partial charge in [0.1, 0.15) is 0 Å². The summed E-state index contributed by atoms with van der Waals surface area (Å²) in [7, 11) is 0. The van der Waals surface area contributed by atoms with Crippen LogP contribution in [0.1, 0.15) is 38.5 Å². The summed E-state index contributed by atoms with van der Waals surface area (Å²) in [6, 6.07) is 0. The molecular formula is C18H30N12. The van der Waals surface area contributed by atoms with E-state index < -0.39 is 0 Å². The molecule has 4 heterocycles. The van der Waals surface area contributed by atoms with Gasteiger partial charge in [0.25, 0.3) is 0 Å². The Morgan fingerprint density at radius 1 is 0.600 bits per heavy atom. The van der Waals surface area contributed by atoms with Crippen molar-refractivity contribution in [2.24, 2.45) is 0 Å². The first-order valence-electron chi connectivity index (χ1n) is 10.7. The zero-order chi connectivity index (χ0) is 20.8. The van der Waals surface area contributed by atoms with Gasteiger partial charge in [-0.3, -0.25) is 0 Å². The van der Waals surface area contributed by atoms with Gasteiger partial charge in [-0.1, -0.05) is 0 Å². The van der Waals surface area contributed by atoms with Crippen molar-refractivity contribution >= 4 is 35.7 Å². The summed E-state index contributed by atoms with van der Waals surface area (Å²) in [6.07, 6.45) is 6.63. The molecule has 0 saturated carbocycles. The number of aromatic nitrogens is 6. The van der Waals surface area contributed by atoms with Crippen LogP contribution in [0.15, 0.2) is 0 Å². The molecule has 4 rings (SSSR count). The van der Waals surface area contributed by atoms with Crippen LogP contribution in [0.4, 0.5) is 35.7 Å². The summed E-state index contributed by atoms with van der Waals surface area (Å²) >= 11 is 0. The quantitative estimate of drug-likeness (QED) is 0.426. The lowest BCUT2D eigenvalue weighted by atomic mass is 10.3. The third kappa shape index (κ3) is 5.24. The maximum absolute atomic E-state index is 5.57. The lowest BCUT2D eigenvalue weighted by Gasteiger charge is -2.20. The van der Waals surface area contributed by atoms with Crippen LogP contribution in [-0.2, 0) is 0 Å². The molecule has 12 heteroatoms. The van der Waals surface area contributed by atoms with Crippen molar-refractivity contribution in [1.82, 2.24) is 29.9 Å². The van der Waals surface area contributed by atoms with Crippen LogP contribution in [0, 0.1) is 0 Å². The molecule has 0 spiro atoms. The number of nitrogen functional groups attached to an aromatic ring is 2. The van der Waals surface area contributed by atoms with Crippen LogP contribution in [0.5, 0.6) is 0 Å². The van der Waals surface area contributed by atoms with E-state index in [-0.39, 0.29) is 11.9 Å². The maximum atomic E-state index is 5.57. The Morgan fingerprint density at radius 3 is 1.50 bits per heavy atom. The predicted molar refractivity (Wildman–Crippen MR) is 118 cm³/mol. The molecule has 2 aliphatic rings. The number of nitrogens with zero attached hydrogens (tertiary/aromatic N) is 8. The van der Waals surface area contributed by atoms with E-state index in [4.69, 9.17) is 16.5 Å². The minimum Gasteiger partial charge on any atom is -0.368 e. The number of hydrogen-bond donors (Lipinski definition) is 4. The number of hydrogen-bond acceptors (Lipinski definition) is 12. The molecule has 0 unspecified atom stereocenters. The van der Waals surface area contributed by atoms with Gasteiger partial charge in [0.2, 0.25) is 35.7 Å². The van der Waals surface area contributed by atoms with E-state index in [1.54, 1.807) is 0 Å². The first-order chi connectivity index (χ1) is 14.7. The van der Waals surface area contributed by atoms with Crippen LogP contribution in [0.2, 0.25) is 0 Å². The van der Waals surface area contributed by atoms with E-state index in [2.05, 4.69) is 45.4 Å². The van der Waals surface area contributed by atoms with Gasteiger partial charge in [-0.05, 0) is 38.5 Å². The van der Waals surface area contributed by atoms with Crippen molar-refractivity contribution in [1.29, 1.82) is 0 Å². The highest BCUT2D eigenvalue weighted by molar-refractivity contribution is 5.46. The number of rotatable bonds is 9. The van der Waals surface area contributed by atoms with E-state index in [1.165, 1.54) is 25.7 Å². The fourth-order valence-electron chi connectivity index (χ4n) is 3.69. The third-order valence-electron chi connectivity index (χ3n) is 5.23. The van der Waals surface area contributed by atoms with Gasteiger partial charge in [-0.15, -0.1) is 0 Å². The molecule has 2 aliphatic heterocycles. The van der Waals surface area contributed by atoms with Crippen molar-refractivity contribution in [2.75, 3.05) is 71.2 Å². The highest BCUT2D eigenvalue weighted by Crippen LogP contribution is 2.22. The van der Waals surface area contributed by atoms with Crippen LogP contribution in [0.3, 0.4) is 0 Å². The second kappa shape index (κ2) is 9.55. The first-order valence-corrected chi connectivity index (χ1v) is 10.7. The van der Waals surface area contributed by atoms with Crippen LogP contribution < -0.4 is 31.9 Å². The zero-order valence-electron chi connectivity index (χ0n) is 17.2. The number of nitrogens with one attached hydrogen (secondary N) is 2. The van der Waals surface area contributed by atoms with Crippen molar-refractivity contribution in [2.45, 2.75) is 38.5 Å². The van der Waals surface area contributed by atoms with Gasteiger partial charge in [0.05, 0.1) is 0 Å². The van der Waals surface area contributed by atoms with E-state index in [1.807, 2.05) is 0 Å². The largest absolute Gasteiger partial charge is 0.368 e. The molecule has 30 heavy (non-hydrogen) atoms. The Balaban J connectivity index is 1.28. The van der Waals surface area contributed by atoms with E-state index >= 15 is 0 Å². The minimum atomic E-state index is 0.115. The standard InChI is InChI=1S/C18H30N12/c19-13-23-14(20)25-15(24-13)21-7-1-2-8-22-16-26-17(29-9-3-4-10-29)28-18(27-16)30-11-5-6-12-30/h1-12H2,(H,22,26,27,28)(H5,19,20,21,23,24,25). The SMILES string of the molecule is Nc1nc(N)nc(NCCCCNc2nc(N3CCCC3)nc(N3CCCC3)n2)n1. The van der Waals surface area contributed by atoms with Crippen LogP contribution >= 0.6 is 0 Å². The average molecular weight is 415 g/mol. The molecule has 2 saturated heterocycles. The number of anilines is 6. The topological polar surface area (TPSA) is 160 Å². The Labute approximate surface area is 175 Å². The molecular weight excluding hydrogens is 384 g/mol. The molecule has 0 atom stereocenters. The molecule has 0 aliphatic carbocycles. The highest BCUT2D eigenvalue weighted by atomic mass is 15.4. The lowest BCUT2D eigenvalue weighted by molar-refractivity contribution is 0.778. The molecule has 0 radical (unpaired) electrons. The van der Waals surface area contributed by atoms with Gasteiger partial charge in [0, 0.05) is 39.3 Å². The normalized spacial score (nSPS) is 16.3. The summed E-state index contributed by atoms with van der Waals surface area (Å²) in [5, 5.41) is 6.48.